The van der Waals surface area contributed by atoms with E-state index in [0.29, 0.717) is 31.5 Å². The molecular formula is C22H31F3O6S. The van der Waals surface area contributed by atoms with Crippen LogP contribution < -0.4 is 0 Å². The summed E-state index contributed by atoms with van der Waals surface area (Å²) in [5.74, 6) is -0.139. The molecule has 0 aromatic carbocycles. The highest BCUT2D eigenvalue weighted by molar-refractivity contribution is 7.87. The molecule has 6 nitrogen and oxygen atoms in total. The van der Waals surface area contributed by atoms with Crippen LogP contribution in [0.1, 0.15) is 65.2 Å². The van der Waals surface area contributed by atoms with Crippen LogP contribution in [0.4, 0.5) is 13.2 Å². The molecule has 0 N–H and O–H groups in total. The first-order chi connectivity index (χ1) is 14.8. The number of Topliss-reactive ketones (excluding diaryl/α,β-unsaturated/α-hetero) is 1. The monoisotopic (exact) mass is 480 g/mol. The maximum atomic E-state index is 13.1. The summed E-state index contributed by atoms with van der Waals surface area (Å²) in [5.41, 5.74) is -6.30. The second-order valence-corrected chi connectivity index (χ2v) is 12.6. The lowest BCUT2D eigenvalue weighted by atomic mass is 9.45. The van der Waals surface area contributed by atoms with Gasteiger partial charge in [0.25, 0.3) is 0 Å². The molecule has 5 aliphatic rings. The van der Waals surface area contributed by atoms with Crippen molar-refractivity contribution in [1.82, 2.24) is 0 Å². The van der Waals surface area contributed by atoms with E-state index in [9.17, 15) is 26.4 Å². The molecule has 0 radical (unpaired) electrons. The molecule has 7 atom stereocenters. The van der Waals surface area contributed by atoms with Crippen molar-refractivity contribution in [3.8, 4) is 0 Å². The van der Waals surface area contributed by atoms with Crippen molar-refractivity contribution in [3.63, 3.8) is 0 Å². The predicted octanol–water partition coefficient (Wildman–Crippen LogP) is 4.19. The van der Waals surface area contributed by atoms with Crippen molar-refractivity contribution in [1.29, 1.82) is 0 Å². The number of hydrogen-bond acceptors (Lipinski definition) is 6. The lowest BCUT2D eigenvalue weighted by molar-refractivity contribution is -0.228. The molecule has 4 saturated carbocycles. The number of ketones is 1. The smallest absolute Gasteiger partial charge is 0.348 e. The van der Waals surface area contributed by atoms with E-state index < -0.39 is 38.7 Å². The molecule has 1 saturated heterocycles. The Morgan fingerprint density at radius 3 is 2.34 bits per heavy atom. The number of fused-ring (bicyclic) bond motifs is 5. The average molecular weight is 481 g/mol. The van der Waals surface area contributed by atoms with Crippen molar-refractivity contribution in [3.05, 3.63) is 0 Å². The van der Waals surface area contributed by atoms with Gasteiger partial charge in [0, 0.05) is 18.3 Å². The summed E-state index contributed by atoms with van der Waals surface area (Å²) in [6.45, 7) is 5.36. The maximum Gasteiger partial charge on any atom is 0.523 e. The van der Waals surface area contributed by atoms with Crippen molar-refractivity contribution in [2.75, 3.05) is 13.2 Å². The van der Waals surface area contributed by atoms with Crippen molar-refractivity contribution in [2.24, 2.45) is 34.5 Å². The summed E-state index contributed by atoms with van der Waals surface area (Å²) >= 11 is 0. The highest BCUT2D eigenvalue weighted by Crippen LogP contribution is 2.67. The molecule has 1 unspecified atom stereocenters. The van der Waals surface area contributed by atoms with Crippen LogP contribution in [0.15, 0.2) is 0 Å². The SMILES string of the molecule is C[C@]12CCC3(CC1CC[C@@H]1[C@@H]2CC[C@]2(C)C(=O)[C@H](OS(=O)(=O)C(F)(F)F)C[C@@H]12)OCCO3. The van der Waals surface area contributed by atoms with Crippen LogP contribution >= 0.6 is 0 Å². The number of ether oxygens (including phenoxy) is 2. The summed E-state index contributed by atoms with van der Waals surface area (Å²) in [4.78, 5) is 13.1. The van der Waals surface area contributed by atoms with Crippen LogP contribution in [0.5, 0.6) is 0 Å². The van der Waals surface area contributed by atoms with E-state index in [4.69, 9.17) is 9.47 Å². The van der Waals surface area contributed by atoms with Crippen molar-refractivity contribution >= 4 is 15.9 Å². The molecule has 5 fully saturated rings. The Balaban J connectivity index is 1.37. The predicted molar refractivity (Wildman–Crippen MR) is 107 cm³/mol. The molecule has 182 valence electrons. The van der Waals surface area contributed by atoms with E-state index in [1.54, 1.807) is 6.92 Å². The standard InChI is InChI=1S/C22H31F3O6S/c1-19-7-8-21(29-9-10-30-21)12-13(19)3-4-14-15(19)5-6-20(2)16(14)11-17(18(20)26)31-32(27,28)22(23,24)25/h13-17H,3-12H2,1-2H3/t13?,14-,15+,16+,17-,19+,20+/m1/s1. The third-order valence-corrected chi connectivity index (χ3v) is 10.8. The summed E-state index contributed by atoms with van der Waals surface area (Å²) in [6.07, 6.45) is 4.38. The van der Waals surface area contributed by atoms with E-state index in [1.165, 1.54) is 0 Å². The van der Waals surface area contributed by atoms with Gasteiger partial charge in [0.2, 0.25) is 0 Å². The minimum absolute atomic E-state index is 0.0444. The first kappa shape index (κ1) is 23.1. The number of halogens is 3. The number of carbonyl (C=O) groups excluding carboxylic acids is 1. The highest BCUT2D eigenvalue weighted by Gasteiger charge is 2.65. The van der Waals surface area contributed by atoms with Gasteiger partial charge in [-0.15, -0.1) is 0 Å². The van der Waals surface area contributed by atoms with Gasteiger partial charge < -0.3 is 9.47 Å². The van der Waals surface area contributed by atoms with Gasteiger partial charge in [-0.2, -0.15) is 21.6 Å². The second kappa shape index (κ2) is 7.15. The fourth-order valence-electron chi connectivity index (χ4n) is 8.01. The van der Waals surface area contributed by atoms with Crippen molar-refractivity contribution in [2.45, 2.75) is 82.6 Å². The number of rotatable bonds is 2. The zero-order valence-electron chi connectivity index (χ0n) is 18.4. The average Bonchev–Trinajstić information content (AvgIpc) is 3.25. The molecule has 1 heterocycles. The van der Waals surface area contributed by atoms with Crippen LogP contribution in [0.25, 0.3) is 0 Å². The Kier molecular flexibility index (Phi) is 5.15. The third-order valence-electron chi connectivity index (χ3n) is 9.72. The molecule has 10 heteroatoms. The van der Waals surface area contributed by atoms with E-state index in [0.717, 1.165) is 38.5 Å². The van der Waals surface area contributed by atoms with Crippen LogP contribution in [-0.2, 0) is 28.6 Å². The summed E-state index contributed by atoms with van der Waals surface area (Å²) in [7, 11) is -5.81. The van der Waals surface area contributed by atoms with Crippen LogP contribution in [0, 0.1) is 34.5 Å². The Morgan fingerprint density at radius 1 is 1.00 bits per heavy atom. The normalized spacial score (nSPS) is 46.0. The number of alkyl halides is 3. The molecule has 32 heavy (non-hydrogen) atoms. The molecule has 0 aromatic rings. The Morgan fingerprint density at radius 2 is 1.69 bits per heavy atom. The Bertz CT molecular complexity index is 898. The zero-order chi connectivity index (χ0) is 23.2. The lowest BCUT2D eigenvalue weighted by Gasteiger charge is -2.61. The Labute approximate surface area is 186 Å². The number of hydrogen-bond donors (Lipinski definition) is 0. The summed E-state index contributed by atoms with van der Waals surface area (Å²) in [5, 5.41) is 0. The zero-order valence-corrected chi connectivity index (χ0v) is 19.3. The van der Waals surface area contributed by atoms with E-state index >= 15 is 0 Å². The second-order valence-electron chi connectivity index (χ2n) is 11.0. The molecule has 4 aliphatic carbocycles. The lowest BCUT2D eigenvalue weighted by Crippen LogP contribution is -2.56. The van der Waals surface area contributed by atoms with Gasteiger partial charge in [0.15, 0.2) is 11.6 Å². The van der Waals surface area contributed by atoms with Gasteiger partial charge in [0.05, 0.1) is 13.2 Å². The topological polar surface area (TPSA) is 78.9 Å². The molecule has 0 amide bonds. The molecular weight excluding hydrogens is 449 g/mol. The highest BCUT2D eigenvalue weighted by atomic mass is 32.2. The van der Waals surface area contributed by atoms with Gasteiger partial charge in [-0.25, -0.2) is 0 Å². The quantitative estimate of drug-likeness (QED) is 0.436. The largest absolute Gasteiger partial charge is 0.523 e. The van der Waals surface area contributed by atoms with Crippen LogP contribution in [0.3, 0.4) is 0 Å². The van der Waals surface area contributed by atoms with E-state index in [1.807, 2.05) is 0 Å². The fraction of sp³-hybridized carbons (Fsp3) is 0.955. The maximum absolute atomic E-state index is 13.1. The summed E-state index contributed by atoms with van der Waals surface area (Å²) in [6, 6.07) is 0. The fourth-order valence-corrected chi connectivity index (χ4v) is 8.59. The van der Waals surface area contributed by atoms with E-state index in [-0.39, 0.29) is 23.7 Å². The minimum atomic E-state index is -5.81. The van der Waals surface area contributed by atoms with E-state index in [2.05, 4.69) is 11.1 Å². The minimum Gasteiger partial charge on any atom is -0.348 e. The van der Waals surface area contributed by atoms with Gasteiger partial charge in [-0.05, 0) is 67.6 Å². The summed E-state index contributed by atoms with van der Waals surface area (Å²) < 4.78 is 78.2. The van der Waals surface area contributed by atoms with Crippen LogP contribution in [0.2, 0.25) is 0 Å². The molecule has 5 rings (SSSR count). The molecule has 0 aromatic heterocycles. The Hall–Kier alpha value is -0.710. The third kappa shape index (κ3) is 3.22. The van der Waals surface area contributed by atoms with Gasteiger partial charge >= 0.3 is 15.6 Å². The van der Waals surface area contributed by atoms with Gasteiger partial charge in [0.1, 0.15) is 6.10 Å². The van der Waals surface area contributed by atoms with Gasteiger partial charge in [-0.3, -0.25) is 8.98 Å². The van der Waals surface area contributed by atoms with Gasteiger partial charge in [-0.1, -0.05) is 13.8 Å². The van der Waals surface area contributed by atoms with Crippen molar-refractivity contribution < 1.29 is 40.0 Å². The molecule has 1 aliphatic heterocycles. The molecule has 0 bridgehead atoms. The first-order valence-electron chi connectivity index (χ1n) is 11.6. The molecule has 1 spiro atoms. The number of carbonyl (C=O) groups is 1. The van der Waals surface area contributed by atoms with Crippen LogP contribution in [-0.4, -0.2) is 44.8 Å². The first-order valence-corrected chi connectivity index (χ1v) is 13.0.